The third-order valence-corrected chi connectivity index (χ3v) is 2.45. The first kappa shape index (κ1) is 9.59. The van der Waals surface area contributed by atoms with Crippen LogP contribution in [0, 0.1) is 5.92 Å². The lowest BCUT2D eigenvalue weighted by Crippen LogP contribution is -2.21. The molecule has 1 saturated carbocycles. The standard InChI is InChI=1S/C10H18O2/c1-3-11-8-12-10-6-4-9(2)5-7-10/h3,9-10H,1,4-8H2,2H3. The molecule has 0 aromatic rings. The summed E-state index contributed by atoms with van der Waals surface area (Å²) in [4.78, 5) is 0. The largest absolute Gasteiger partial charge is 0.476 e. The minimum absolute atomic E-state index is 0.364. The Hall–Kier alpha value is -0.500. The fourth-order valence-electron chi connectivity index (χ4n) is 1.58. The molecule has 0 radical (unpaired) electrons. The van der Waals surface area contributed by atoms with E-state index >= 15 is 0 Å². The van der Waals surface area contributed by atoms with Crippen molar-refractivity contribution in [1.29, 1.82) is 0 Å². The summed E-state index contributed by atoms with van der Waals surface area (Å²) in [5, 5.41) is 0. The molecule has 0 amide bonds. The van der Waals surface area contributed by atoms with E-state index in [9.17, 15) is 0 Å². The van der Waals surface area contributed by atoms with E-state index in [0.29, 0.717) is 12.9 Å². The molecule has 0 heterocycles. The highest BCUT2D eigenvalue weighted by Crippen LogP contribution is 2.25. The zero-order valence-electron chi connectivity index (χ0n) is 7.79. The third-order valence-electron chi connectivity index (χ3n) is 2.45. The van der Waals surface area contributed by atoms with Gasteiger partial charge in [-0.25, -0.2) is 0 Å². The summed E-state index contributed by atoms with van der Waals surface area (Å²) < 4.78 is 10.4. The van der Waals surface area contributed by atoms with E-state index < -0.39 is 0 Å². The van der Waals surface area contributed by atoms with Gasteiger partial charge >= 0.3 is 0 Å². The van der Waals surface area contributed by atoms with Crippen LogP contribution < -0.4 is 0 Å². The Labute approximate surface area is 74.6 Å². The maximum absolute atomic E-state index is 5.48. The van der Waals surface area contributed by atoms with Gasteiger partial charge in [0.25, 0.3) is 0 Å². The van der Waals surface area contributed by atoms with Crippen molar-refractivity contribution in [1.82, 2.24) is 0 Å². The summed E-state index contributed by atoms with van der Waals surface area (Å²) in [6.07, 6.45) is 6.79. The van der Waals surface area contributed by atoms with Gasteiger partial charge < -0.3 is 9.47 Å². The van der Waals surface area contributed by atoms with Crippen LogP contribution in [0.25, 0.3) is 0 Å². The molecule has 0 N–H and O–H groups in total. The van der Waals surface area contributed by atoms with E-state index in [1.807, 2.05) is 0 Å². The molecule has 0 aromatic heterocycles. The van der Waals surface area contributed by atoms with Gasteiger partial charge in [0.1, 0.15) is 0 Å². The molecule has 0 unspecified atom stereocenters. The van der Waals surface area contributed by atoms with Crippen molar-refractivity contribution in [2.75, 3.05) is 6.79 Å². The second kappa shape index (κ2) is 5.20. The lowest BCUT2D eigenvalue weighted by molar-refractivity contribution is -0.0718. The Bertz CT molecular complexity index is 126. The first-order valence-corrected chi connectivity index (χ1v) is 4.67. The van der Waals surface area contributed by atoms with Crippen LogP contribution in [0.15, 0.2) is 12.8 Å². The molecular weight excluding hydrogens is 152 g/mol. The molecule has 1 rings (SSSR count). The van der Waals surface area contributed by atoms with Crippen LogP contribution in [-0.4, -0.2) is 12.9 Å². The first-order valence-electron chi connectivity index (χ1n) is 4.67. The molecule has 1 aliphatic carbocycles. The van der Waals surface area contributed by atoms with Gasteiger partial charge in [-0.15, -0.1) is 0 Å². The summed E-state index contributed by atoms with van der Waals surface area (Å²) in [5.41, 5.74) is 0. The maximum Gasteiger partial charge on any atom is 0.188 e. The fourth-order valence-corrected chi connectivity index (χ4v) is 1.58. The number of hydrogen-bond acceptors (Lipinski definition) is 2. The van der Waals surface area contributed by atoms with Gasteiger partial charge in [0.05, 0.1) is 12.4 Å². The van der Waals surface area contributed by atoms with E-state index in [4.69, 9.17) is 9.47 Å². The summed E-state index contributed by atoms with van der Waals surface area (Å²) in [5.74, 6) is 0.880. The Kier molecular flexibility index (Phi) is 4.15. The van der Waals surface area contributed by atoms with Crippen molar-refractivity contribution in [2.45, 2.75) is 38.7 Å². The van der Waals surface area contributed by atoms with Gasteiger partial charge in [0, 0.05) is 0 Å². The number of ether oxygens (including phenoxy) is 2. The maximum atomic E-state index is 5.48. The van der Waals surface area contributed by atoms with E-state index in [1.165, 1.54) is 31.9 Å². The normalized spacial score (nSPS) is 29.8. The van der Waals surface area contributed by atoms with Crippen molar-refractivity contribution >= 4 is 0 Å². The molecule has 0 aliphatic heterocycles. The second-order valence-electron chi connectivity index (χ2n) is 3.50. The first-order chi connectivity index (χ1) is 5.83. The van der Waals surface area contributed by atoms with Gasteiger partial charge in [-0.3, -0.25) is 0 Å². The number of hydrogen-bond donors (Lipinski definition) is 0. The third kappa shape index (κ3) is 3.26. The molecule has 12 heavy (non-hydrogen) atoms. The lowest BCUT2D eigenvalue weighted by atomic mass is 9.89. The van der Waals surface area contributed by atoms with Crippen molar-refractivity contribution in [3.63, 3.8) is 0 Å². The van der Waals surface area contributed by atoms with Crippen LogP contribution in [-0.2, 0) is 9.47 Å². The smallest absolute Gasteiger partial charge is 0.188 e. The molecule has 70 valence electrons. The molecule has 0 atom stereocenters. The fraction of sp³-hybridized carbons (Fsp3) is 0.800. The Balaban J connectivity index is 2.05. The van der Waals surface area contributed by atoms with Crippen molar-refractivity contribution in [3.8, 4) is 0 Å². The van der Waals surface area contributed by atoms with E-state index in [-0.39, 0.29) is 0 Å². The Morgan fingerprint density at radius 1 is 1.33 bits per heavy atom. The van der Waals surface area contributed by atoms with Crippen molar-refractivity contribution < 1.29 is 9.47 Å². The summed E-state index contributed by atoms with van der Waals surface area (Å²) in [7, 11) is 0. The van der Waals surface area contributed by atoms with Gasteiger partial charge in [-0.1, -0.05) is 13.5 Å². The average Bonchev–Trinajstić information content (AvgIpc) is 2.09. The van der Waals surface area contributed by atoms with Crippen LogP contribution in [0.5, 0.6) is 0 Å². The molecule has 0 aromatic carbocycles. The Morgan fingerprint density at radius 2 is 2.00 bits per heavy atom. The minimum atomic E-state index is 0.364. The van der Waals surface area contributed by atoms with E-state index in [2.05, 4.69) is 13.5 Å². The molecule has 1 fully saturated rings. The highest BCUT2D eigenvalue weighted by Gasteiger charge is 2.18. The lowest BCUT2D eigenvalue weighted by Gasteiger charge is -2.25. The Morgan fingerprint density at radius 3 is 2.58 bits per heavy atom. The highest BCUT2D eigenvalue weighted by molar-refractivity contribution is 4.69. The molecule has 1 aliphatic rings. The molecular formula is C10H18O2. The van der Waals surface area contributed by atoms with Crippen LogP contribution >= 0.6 is 0 Å². The predicted octanol–water partition coefficient (Wildman–Crippen LogP) is 2.70. The predicted molar refractivity (Wildman–Crippen MR) is 48.7 cm³/mol. The summed E-state index contributed by atoms with van der Waals surface area (Å²) in [6.45, 7) is 6.12. The molecule has 0 bridgehead atoms. The van der Waals surface area contributed by atoms with Crippen molar-refractivity contribution in [2.24, 2.45) is 5.92 Å². The second-order valence-corrected chi connectivity index (χ2v) is 3.50. The van der Waals surface area contributed by atoms with Crippen LogP contribution in [0.3, 0.4) is 0 Å². The highest BCUT2D eigenvalue weighted by atomic mass is 16.7. The van der Waals surface area contributed by atoms with Gasteiger partial charge in [0.15, 0.2) is 6.79 Å². The van der Waals surface area contributed by atoms with E-state index in [1.54, 1.807) is 0 Å². The SMILES string of the molecule is C=COCOC1CCC(C)CC1. The minimum Gasteiger partial charge on any atom is -0.476 e. The molecule has 0 spiro atoms. The summed E-state index contributed by atoms with van der Waals surface area (Å²) in [6, 6.07) is 0. The molecule has 2 nitrogen and oxygen atoms in total. The molecule has 2 heteroatoms. The van der Waals surface area contributed by atoms with Crippen molar-refractivity contribution in [3.05, 3.63) is 12.8 Å². The number of rotatable bonds is 4. The molecule has 0 saturated heterocycles. The van der Waals surface area contributed by atoms with Gasteiger partial charge in [-0.2, -0.15) is 0 Å². The van der Waals surface area contributed by atoms with Gasteiger partial charge in [-0.05, 0) is 31.6 Å². The summed E-state index contributed by atoms with van der Waals surface area (Å²) >= 11 is 0. The van der Waals surface area contributed by atoms with E-state index in [0.717, 1.165) is 5.92 Å². The van der Waals surface area contributed by atoms with Gasteiger partial charge in [0.2, 0.25) is 0 Å². The van der Waals surface area contributed by atoms with Crippen LogP contribution in [0.1, 0.15) is 32.6 Å². The average molecular weight is 170 g/mol. The topological polar surface area (TPSA) is 18.5 Å². The van der Waals surface area contributed by atoms with Crippen LogP contribution in [0.4, 0.5) is 0 Å². The van der Waals surface area contributed by atoms with Crippen LogP contribution in [0.2, 0.25) is 0 Å². The monoisotopic (exact) mass is 170 g/mol. The zero-order valence-corrected chi connectivity index (χ0v) is 7.79. The zero-order chi connectivity index (χ0) is 8.81. The quantitative estimate of drug-likeness (QED) is 0.367.